The summed E-state index contributed by atoms with van der Waals surface area (Å²) in [6, 6.07) is 8.41. The van der Waals surface area contributed by atoms with Crippen molar-refractivity contribution in [2.24, 2.45) is 0 Å². The maximum atomic E-state index is 13.1. The van der Waals surface area contributed by atoms with Gasteiger partial charge in [-0.15, -0.1) is 0 Å². The molecule has 0 N–H and O–H groups in total. The molecule has 1 aromatic heterocycles. The minimum Gasteiger partial charge on any atom is -0.478 e. The summed E-state index contributed by atoms with van der Waals surface area (Å²) >= 11 is 1.53. The molecule has 0 fully saturated rings. The van der Waals surface area contributed by atoms with Crippen molar-refractivity contribution in [3.8, 4) is 0 Å². The Hall–Kier alpha value is -1.92. The van der Waals surface area contributed by atoms with Crippen LogP contribution in [0.1, 0.15) is 37.8 Å². The van der Waals surface area contributed by atoms with Crippen molar-refractivity contribution in [3.63, 3.8) is 0 Å². The molecule has 2 aromatic rings. The first-order valence-corrected chi connectivity index (χ1v) is 11.0. The first kappa shape index (κ1) is 17.9. The number of rotatable bonds is 5. The topological polar surface area (TPSA) is 60.4 Å². The molecule has 4 nitrogen and oxygen atoms in total. The number of ether oxygens (including phenoxy) is 1. The number of carbonyl (C=O) groups is 1. The molecule has 0 spiro atoms. The fourth-order valence-electron chi connectivity index (χ4n) is 3.06. The first-order valence-electron chi connectivity index (χ1n) is 8.13. The Morgan fingerprint density at radius 3 is 2.16 bits per heavy atom. The number of benzene rings is 1. The molecule has 132 valence electrons. The van der Waals surface area contributed by atoms with Crippen LogP contribution in [0.2, 0.25) is 0 Å². The zero-order valence-corrected chi connectivity index (χ0v) is 16.0. The quantitative estimate of drug-likeness (QED) is 0.785. The molecule has 2 heterocycles. The van der Waals surface area contributed by atoms with Crippen LogP contribution in [0.4, 0.5) is 0 Å². The van der Waals surface area contributed by atoms with Gasteiger partial charge in [-0.3, -0.25) is 4.79 Å². The van der Waals surface area contributed by atoms with E-state index in [1.807, 2.05) is 30.7 Å². The zero-order valence-electron chi connectivity index (χ0n) is 14.4. The van der Waals surface area contributed by atoms with Gasteiger partial charge in [0.25, 0.3) is 0 Å². The lowest BCUT2D eigenvalue weighted by atomic mass is 9.87. The minimum atomic E-state index is -3.26. The molecule has 0 saturated carbocycles. The molecule has 25 heavy (non-hydrogen) atoms. The van der Waals surface area contributed by atoms with Crippen molar-refractivity contribution < 1.29 is 17.9 Å². The lowest BCUT2D eigenvalue weighted by Gasteiger charge is -2.25. The van der Waals surface area contributed by atoms with Gasteiger partial charge >= 0.3 is 0 Å². The van der Waals surface area contributed by atoms with Gasteiger partial charge in [-0.05, 0) is 59.5 Å². The van der Waals surface area contributed by atoms with Crippen LogP contribution in [0.5, 0.6) is 0 Å². The van der Waals surface area contributed by atoms with Crippen LogP contribution < -0.4 is 0 Å². The van der Waals surface area contributed by atoms with Crippen LogP contribution in [-0.2, 0) is 19.4 Å². The Bertz CT molecular complexity index is 916. The van der Waals surface area contributed by atoms with Gasteiger partial charge in [0.05, 0.1) is 10.5 Å². The van der Waals surface area contributed by atoms with Gasteiger partial charge in [0.2, 0.25) is 5.78 Å². The van der Waals surface area contributed by atoms with E-state index < -0.39 is 15.4 Å². The highest BCUT2D eigenvalue weighted by Gasteiger charge is 2.47. The standard InChI is InChI=1S/C19H20O4S2/c1-4-19(5-2)18(20)16(14-10-11-24-12-14)17(23-19)13-6-8-15(9-7-13)25(3,21)22/h6-12H,4-5H2,1-3H3. The van der Waals surface area contributed by atoms with E-state index in [9.17, 15) is 13.2 Å². The van der Waals surface area contributed by atoms with Gasteiger partial charge < -0.3 is 4.74 Å². The highest BCUT2D eigenvalue weighted by atomic mass is 32.2. The lowest BCUT2D eigenvalue weighted by molar-refractivity contribution is -0.128. The lowest BCUT2D eigenvalue weighted by Crippen LogP contribution is -2.35. The number of ketones is 1. The van der Waals surface area contributed by atoms with Gasteiger partial charge in [0, 0.05) is 11.8 Å². The Labute approximate surface area is 152 Å². The molecule has 0 bridgehead atoms. The summed E-state index contributed by atoms with van der Waals surface area (Å²) in [6.45, 7) is 3.89. The smallest absolute Gasteiger partial charge is 0.210 e. The van der Waals surface area contributed by atoms with Gasteiger partial charge in [-0.2, -0.15) is 11.3 Å². The molecule has 6 heteroatoms. The number of sulfone groups is 1. The molecule has 0 unspecified atom stereocenters. The SMILES string of the molecule is CCC1(CC)OC(c2ccc(S(C)(=O)=O)cc2)=C(c2ccsc2)C1=O. The summed E-state index contributed by atoms with van der Waals surface area (Å²) in [5, 5.41) is 3.86. The third kappa shape index (κ3) is 3.04. The Balaban J connectivity index is 2.14. The Morgan fingerprint density at radius 1 is 1.04 bits per heavy atom. The molecule has 1 aliphatic rings. The number of hydrogen-bond acceptors (Lipinski definition) is 5. The van der Waals surface area contributed by atoms with Crippen molar-refractivity contribution in [2.45, 2.75) is 37.2 Å². The van der Waals surface area contributed by atoms with Crippen LogP contribution in [0.3, 0.4) is 0 Å². The number of carbonyl (C=O) groups excluding carboxylic acids is 1. The molecule has 0 atom stereocenters. The predicted octanol–water partition coefficient (Wildman–Crippen LogP) is 4.18. The van der Waals surface area contributed by atoms with Crippen LogP contribution in [0, 0.1) is 0 Å². The highest BCUT2D eigenvalue weighted by Crippen LogP contribution is 2.45. The molecule has 1 aliphatic heterocycles. The largest absolute Gasteiger partial charge is 0.478 e. The van der Waals surface area contributed by atoms with E-state index in [0.717, 1.165) is 5.56 Å². The fourth-order valence-corrected chi connectivity index (χ4v) is 4.34. The third-order valence-electron chi connectivity index (χ3n) is 4.66. The number of hydrogen-bond donors (Lipinski definition) is 0. The van der Waals surface area contributed by atoms with Gasteiger partial charge in [0.15, 0.2) is 15.4 Å². The summed E-state index contributed by atoms with van der Waals surface area (Å²) < 4.78 is 29.5. The molecule has 0 saturated heterocycles. The molecule has 1 aromatic carbocycles. The predicted molar refractivity (Wildman–Crippen MR) is 100 cm³/mol. The second kappa shape index (κ2) is 6.42. The van der Waals surface area contributed by atoms with E-state index in [0.29, 0.717) is 29.7 Å². The van der Waals surface area contributed by atoms with Crippen LogP contribution >= 0.6 is 11.3 Å². The highest BCUT2D eigenvalue weighted by molar-refractivity contribution is 7.90. The maximum absolute atomic E-state index is 13.1. The average Bonchev–Trinajstić information content (AvgIpc) is 3.20. The van der Waals surface area contributed by atoms with E-state index in [4.69, 9.17) is 4.74 Å². The number of Topliss-reactive ketones (excluding diaryl/α,β-unsaturated/α-hetero) is 1. The van der Waals surface area contributed by atoms with Crippen molar-refractivity contribution in [1.29, 1.82) is 0 Å². The van der Waals surface area contributed by atoms with Gasteiger partial charge in [-0.1, -0.05) is 13.8 Å². The van der Waals surface area contributed by atoms with Crippen molar-refractivity contribution in [2.75, 3.05) is 6.26 Å². The summed E-state index contributed by atoms with van der Waals surface area (Å²) in [6.07, 6.45) is 2.34. The van der Waals surface area contributed by atoms with Crippen molar-refractivity contribution in [3.05, 3.63) is 52.2 Å². The Morgan fingerprint density at radius 2 is 1.68 bits per heavy atom. The van der Waals surface area contributed by atoms with Crippen LogP contribution in [0.25, 0.3) is 11.3 Å². The third-order valence-corrected chi connectivity index (χ3v) is 6.47. The molecular weight excluding hydrogens is 356 g/mol. The Kier molecular flexibility index (Phi) is 4.60. The van der Waals surface area contributed by atoms with Crippen LogP contribution in [-0.4, -0.2) is 26.1 Å². The first-order chi connectivity index (χ1) is 11.8. The molecular formula is C19H20O4S2. The van der Waals surface area contributed by atoms with E-state index >= 15 is 0 Å². The summed E-state index contributed by atoms with van der Waals surface area (Å²) in [4.78, 5) is 13.4. The second-order valence-corrected chi connectivity index (χ2v) is 8.94. The monoisotopic (exact) mass is 376 g/mol. The summed E-state index contributed by atoms with van der Waals surface area (Å²) in [5.74, 6) is 0.533. The fraction of sp³-hybridized carbons (Fsp3) is 0.316. The van der Waals surface area contributed by atoms with E-state index in [1.165, 1.54) is 17.6 Å². The van der Waals surface area contributed by atoms with Crippen molar-refractivity contribution in [1.82, 2.24) is 0 Å². The number of thiophene rings is 1. The van der Waals surface area contributed by atoms with E-state index in [1.54, 1.807) is 24.3 Å². The van der Waals surface area contributed by atoms with Gasteiger partial charge in [0.1, 0.15) is 5.76 Å². The molecule has 0 aliphatic carbocycles. The van der Waals surface area contributed by atoms with Crippen molar-refractivity contribution >= 4 is 38.3 Å². The summed E-state index contributed by atoms with van der Waals surface area (Å²) in [7, 11) is -3.26. The average molecular weight is 376 g/mol. The molecule has 0 amide bonds. The molecule has 0 radical (unpaired) electrons. The zero-order chi connectivity index (χ0) is 18.2. The second-order valence-electron chi connectivity index (χ2n) is 6.15. The van der Waals surface area contributed by atoms with E-state index in [-0.39, 0.29) is 10.7 Å². The normalized spacial score (nSPS) is 17.0. The molecule has 3 rings (SSSR count). The maximum Gasteiger partial charge on any atom is 0.210 e. The summed E-state index contributed by atoms with van der Waals surface area (Å²) in [5.41, 5.74) is 1.30. The minimum absolute atomic E-state index is 0.00177. The van der Waals surface area contributed by atoms with Crippen LogP contribution in [0.15, 0.2) is 46.0 Å². The van der Waals surface area contributed by atoms with Gasteiger partial charge in [-0.25, -0.2) is 8.42 Å². The van der Waals surface area contributed by atoms with E-state index in [2.05, 4.69) is 0 Å².